The maximum Gasteiger partial charge on any atom is 0.419 e. The zero-order valence-corrected chi connectivity index (χ0v) is 18.5. The molecule has 4 aromatic rings. The summed E-state index contributed by atoms with van der Waals surface area (Å²) in [6.45, 7) is 2.16. The van der Waals surface area contributed by atoms with Gasteiger partial charge in [0, 0.05) is 31.3 Å². The first-order valence-electron chi connectivity index (χ1n) is 10.7. The molecule has 7 heteroatoms. The largest absolute Gasteiger partial charge is 0.419 e. The van der Waals surface area contributed by atoms with Gasteiger partial charge in [0.15, 0.2) is 5.58 Å². The molecular weight excluding hydrogens is 418 g/mol. The van der Waals surface area contributed by atoms with Gasteiger partial charge in [0.1, 0.15) is 0 Å². The van der Waals surface area contributed by atoms with Crippen LogP contribution < -0.4 is 11.1 Å². The van der Waals surface area contributed by atoms with Crippen molar-refractivity contribution in [1.82, 2.24) is 9.47 Å². The number of hydrogen-bond acceptors (Lipinski definition) is 4. The molecule has 2 amide bonds. The smallest absolute Gasteiger partial charge is 0.408 e. The Bertz CT molecular complexity index is 1340. The Balaban J connectivity index is 1.42. The molecular formula is C26H25N3O4. The molecule has 1 atom stereocenters. The molecule has 0 unspecified atom stereocenters. The predicted molar refractivity (Wildman–Crippen MR) is 127 cm³/mol. The summed E-state index contributed by atoms with van der Waals surface area (Å²) < 4.78 is 6.71. The monoisotopic (exact) mass is 443 g/mol. The van der Waals surface area contributed by atoms with E-state index < -0.39 is 5.76 Å². The lowest BCUT2D eigenvalue weighted by Crippen LogP contribution is -2.31. The molecule has 0 aliphatic heterocycles. The molecule has 33 heavy (non-hydrogen) atoms. The number of rotatable bonds is 7. The van der Waals surface area contributed by atoms with Crippen molar-refractivity contribution in [3.63, 3.8) is 0 Å². The maximum atomic E-state index is 12.9. The molecule has 1 N–H and O–H groups in total. The SMILES string of the molecule is C[C@H](c1cccc(NC(=O)c2ccccc2)c1)N(C)C(=O)CCn1c(=O)oc2ccccc21. The van der Waals surface area contributed by atoms with Crippen molar-refractivity contribution >= 4 is 28.6 Å². The summed E-state index contributed by atoms with van der Waals surface area (Å²) in [6.07, 6.45) is 0.161. The Hall–Kier alpha value is -4.13. The number of amides is 2. The van der Waals surface area contributed by atoms with Crippen molar-refractivity contribution in [3.8, 4) is 0 Å². The van der Waals surface area contributed by atoms with Crippen LogP contribution in [0.2, 0.25) is 0 Å². The number of aromatic nitrogens is 1. The third-order valence-electron chi connectivity index (χ3n) is 5.76. The van der Waals surface area contributed by atoms with E-state index in [1.165, 1.54) is 4.57 Å². The zero-order chi connectivity index (χ0) is 23.4. The molecule has 1 aromatic heterocycles. The minimum Gasteiger partial charge on any atom is -0.408 e. The maximum absolute atomic E-state index is 12.9. The minimum atomic E-state index is -0.471. The van der Waals surface area contributed by atoms with Gasteiger partial charge in [0.25, 0.3) is 5.91 Å². The number of oxazole rings is 1. The van der Waals surface area contributed by atoms with E-state index in [2.05, 4.69) is 5.32 Å². The average molecular weight is 444 g/mol. The number of carbonyl (C=O) groups excluding carboxylic acids is 2. The summed E-state index contributed by atoms with van der Waals surface area (Å²) in [4.78, 5) is 39.1. The number of para-hydroxylation sites is 2. The average Bonchev–Trinajstić information content (AvgIpc) is 3.17. The molecule has 0 radical (unpaired) electrons. The Labute approximate surface area is 191 Å². The van der Waals surface area contributed by atoms with Gasteiger partial charge in [0.05, 0.1) is 11.6 Å². The molecule has 0 fully saturated rings. The quantitative estimate of drug-likeness (QED) is 0.457. The van der Waals surface area contributed by atoms with Crippen LogP contribution in [-0.2, 0) is 11.3 Å². The van der Waals surface area contributed by atoms with Gasteiger partial charge in [-0.25, -0.2) is 4.79 Å². The van der Waals surface area contributed by atoms with Crippen molar-refractivity contribution < 1.29 is 14.0 Å². The van der Waals surface area contributed by atoms with Crippen LogP contribution in [0.5, 0.6) is 0 Å². The van der Waals surface area contributed by atoms with E-state index in [1.807, 2.05) is 55.5 Å². The van der Waals surface area contributed by atoms with E-state index in [9.17, 15) is 14.4 Å². The van der Waals surface area contributed by atoms with Crippen LogP contribution in [0.15, 0.2) is 88.1 Å². The van der Waals surface area contributed by atoms with Crippen molar-refractivity contribution in [3.05, 3.63) is 101 Å². The van der Waals surface area contributed by atoms with Crippen LogP contribution >= 0.6 is 0 Å². The second-order valence-corrected chi connectivity index (χ2v) is 7.86. The summed E-state index contributed by atoms with van der Waals surface area (Å²) in [5, 5.41) is 2.90. The lowest BCUT2D eigenvalue weighted by atomic mass is 10.1. The summed E-state index contributed by atoms with van der Waals surface area (Å²) in [5.74, 6) is -0.761. The van der Waals surface area contributed by atoms with Gasteiger partial charge >= 0.3 is 5.76 Å². The van der Waals surface area contributed by atoms with Gasteiger partial charge in [-0.1, -0.05) is 42.5 Å². The van der Waals surface area contributed by atoms with E-state index in [4.69, 9.17) is 4.42 Å². The minimum absolute atomic E-state index is 0.0987. The molecule has 0 saturated carbocycles. The Morgan fingerprint density at radius 1 is 1.00 bits per heavy atom. The van der Waals surface area contributed by atoms with Crippen molar-refractivity contribution in [1.29, 1.82) is 0 Å². The van der Waals surface area contributed by atoms with Gasteiger partial charge in [-0.05, 0) is 48.9 Å². The molecule has 0 aliphatic rings. The van der Waals surface area contributed by atoms with Crippen LogP contribution in [0.3, 0.4) is 0 Å². The number of nitrogens with zero attached hydrogens (tertiary/aromatic N) is 2. The first-order valence-corrected chi connectivity index (χ1v) is 10.7. The Morgan fingerprint density at radius 2 is 1.73 bits per heavy atom. The molecule has 1 heterocycles. The molecule has 4 rings (SSSR count). The first-order chi connectivity index (χ1) is 15.9. The lowest BCUT2D eigenvalue weighted by molar-refractivity contribution is -0.132. The fourth-order valence-electron chi connectivity index (χ4n) is 3.72. The Morgan fingerprint density at radius 3 is 2.52 bits per heavy atom. The highest BCUT2D eigenvalue weighted by Gasteiger charge is 2.19. The van der Waals surface area contributed by atoms with E-state index in [0.717, 1.165) is 5.56 Å². The number of fused-ring (bicyclic) bond motifs is 1. The number of nitrogens with one attached hydrogen (secondary N) is 1. The molecule has 168 valence electrons. The summed E-state index contributed by atoms with van der Waals surface area (Å²) in [7, 11) is 1.73. The topological polar surface area (TPSA) is 84.5 Å². The second kappa shape index (κ2) is 9.56. The Kier molecular flexibility index (Phi) is 6.40. The molecule has 0 aliphatic carbocycles. The van der Waals surface area contributed by atoms with Gasteiger partial charge in [0.2, 0.25) is 5.91 Å². The third kappa shape index (κ3) is 4.87. The van der Waals surface area contributed by atoms with Crippen LogP contribution in [0, 0.1) is 0 Å². The van der Waals surface area contributed by atoms with Crippen LogP contribution in [-0.4, -0.2) is 28.3 Å². The van der Waals surface area contributed by atoms with Crippen LogP contribution in [0.1, 0.15) is 35.3 Å². The van der Waals surface area contributed by atoms with E-state index >= 15 is 0 Å². The van der Waals surface area contributed by atoms with Crippen molar-refractivity contribution in [2.75, 3.05) is 12.4 Å². The van der Waals surface area contributed by atoms with E-state index in [1.54, 1.807) is 42.3 Å². The third-order valence-corrected chi connectivity index (χ3v) is 5.76. The normalized spacial score (nSPS) is 11.8. The standard InChI is InChI=1S/C26H25N3O4/c1-18(20-11-8-12-21(17-20)27-25(31)19-9-4-3-5-10-19)28(2)24(30)15-16-29-22-13-6-7-14-23(22)33-26(29)32/h3-14,17-18H,15-16H2,1-2H3,(H,27,31)/t18-/m1/s1. The van der Waals surface area contributed by atoms with Crippen molar-refractivity contribution in [2.45, 2.75) is 25.9 Å². The van der Waals surface area contributed by atoms with Gasteiger partial charge in [-0.3, -0.25) is 14.2 Å². The number of hydrogen-bond donors (Lipinski definition) is 1. The summed E-state index contributed by atoms with van der Waals surface area (Å²) >= 11 is 0. The fraction of sp³-hybridized carbons (Fsp3) is 0.192. The van der Waals surface area contributed by atoms with Gasteiger partial charge in [-0.15, -0.1) is 0 Å². The second-order valence-electron chi connectivity index (χ2n) is 7.86. The highest BCUT2D eigenvalue weighted by molar-refractivity contribution is 6.04. The van der Waals surface area contributed by atoms with Crippen LogP contribution in [0.25, 0.3) is 11.1 Å². The molecule has 0 saturated heterocycles. The summed E-state index contributed by atoms with van der Waals surface area (Å²) in [5.41, 5.74) is 3.30. The van der Waals surface area contributed by atoms with E-state index in [0.29, 0.717) is 22.4 Å². The molecule has 0 spiro atoms. The highest BCUT2D eigenvalue weighted by atomic mass is 16.4. The number of aryl methyl sites for hydroxylation is 1. The predicted octanol–water partition coefficient (Wildman–Crippen LogP) is 4.46. The fourth-order valence-corrected chi connectivity index (χ4v) is 3.72. The van der Waals surface area contributed by atoms with Gasteiger partial charge < -0.3 is 14.6 Å². The molecule has 7 nitrogen and oxygen atoms in total. The van der Waals surface area contributed by atoms with Crippen molar-refractivity contribution in [2.24, 2.45) is 0 Å². The van der Waals surface area contributed by atoms with Crippen LogP contribution in [0.4, 0.5) is 5.69 Å². The lowest BCUT2D eigenvalue weighted by Gasteiger charge is -2.26. The molecule has 3 aromatic carbocycles. The zero-order valence-electron chi connectivity index (χ0n) is 18.5. The van der Waals surface area contributed by atoms with Gasteiger partial charge in [-0.2, -0.15) is 0 Å². The number of carbonyl (C=O) groups is 2. The molecule has 0 bridgehead atoms. The van der Waals surface area contributed by atoms with E-state index in [-0.39, 0.29) is 30.8 Å². The highest BCUT2D eigenvalue weighted by Crippen LogP contribution is 2.23. The number of anilines is 1. The first kappa shape index (κ1) is 22.1. The number of benzene rings is 3. The summed E-state index contributed by atoms with van der Waals surface area (Å²) in [6, 6.07) is 23.4.